The number of benzene rings is 2. The Hall–Kier alpha value is -3.39. The Morgan fingerprint density at radius 2 is 1.59 bits per heavy atom. The highest BCUT2D eigenvalue weighted by molar-refractivity contribution is 5.85. The first kappa shape index (κ1) is 23.3. The zero-order valence-electron chi connectivity index (χ0n) is 17.9. The number of aliphatic hydroxyl groups excluding tert-OH is 1. The van der Waals surface area contributed by atoms with E-state index in [1.54, 1.807) is 0 Å². The van der Waals surface area contributed by atoms with Gasteiger partial charge in [0.15, 0.2) is 6.10 Å². The summed E-state index contributed by atoms with van der Waals surface area (Å²) < 4.78 is 5.49. The zero-order chi connectivity index (χ0) is 23.1. The third kappa shape index (κ3) is 5.45. The number of nitrogens with one attached hydrogen (secondary N) is 2. The average molecular weight is 440 g/mol. The van der Waals surface area contributed by atoms with E-state index >= 15 is 0 Å². The van der Waals surface area contributed by atoms with E-state index in [4.69, 9.17) is 9.84 Å². The van der Waals surface area contributed by atoms with Crippen LogP contribution in [-0.4, -0.2) is 53.5 Å². The van der Waals surface area contributed by atoms with Gasteiger partial charge >= 0.3 is 12.1 Å². The maximum absolute atomic E-state index is 12.5. The Bertz CT molecular complexity index is 931. The number of aliphatic carboxylic acids is 1. The summed E-state index contributed by atoms with van der Waals surface area (Å²) in [6, 6.07) is 15.2. The molecule has 0 fully saturated rings. The van der Waals surface area contributed by atoms with Gasteiger partial charge in [0, 0.05) is 18.9 Å². The molecule has 0 saturated carbocycles. The predicted molar refractivity (Wildman–Crippen MR) is 118 cm³/mol. The van der Waals surface area contributed by atoms with Crippen LogP contribution in [0, 0.1) is 0 Å². The second-order valence-electron chi connectivity index (χ2n) is 7.74. The van der Waals surface area contributed by atoms with Crippen molar-refractivity contribution in [3.63, 3.8) is 0 Å². The summed E-state index contributed by atoms with van der Waals surface area (Å²) in [6.07, 6.45) is -1.30. The highest BCUT2D eigenvalue weighted by Gasteiger charge is 2.29. The lowest BCUT2D eigenvalue weighted by Gasteiger charge is -2.19. The van der Waals surface area contributed by atoms with Crippen molar-refractivity contribution < 1.29 is 29.3 Å². The molecule has 1 aliphatic rings. The number of carboxylic acids is 1. The monoisotopic (exact) mass is 440 g/mol. The largest absolute Gasteiger partial charge is 0.479 e. The fraction of sp³-hybridized carbons (Fsp3) is 0.375. The molecule has 0 saturated heterocycles. The minimum Gasteiger partial charge on any atom is -0.479 e. The van der Waals surface area contributed by atoms with Crippen molar-refractivity contribution in [3.05, 3.63) is 59.7 Å². The standard InChI is InChI=1S/C24H28N2O6/c1-2-7-20(22(28)25-13-12-21(27)23(29)30)26-24(31)32-14-19-17-10-5-3-8-15(17)16-9-4-6-11-18(16)19/h3-6,8-11,19-21,27H,2,7,12-14H2,1H3,(H,25,28)(H,26,31)(H,29,30). The molecular formula is C24H28N2O6. The Morgan fingerprint density at radius 3 is 2.16 bits per heavy atom. The molecule has 3 rings (SSSR count). The fourth-order valence-corrected chi connectivity index (χ4v) is 3.92. The van der Waals surface area contributed by atoms with Crippen LogP contribution in [0.25, 0.3) is 11.1 Å². The number of carboxylic acid groups (broad SMARTS) is 1. The van der Waals surface area contributed by atoms with Gasteiger partial charge in [-0.3, -0.25) is 4.79 Å². The lowest BCUT2D eigenvalue weighted by Crippen LogP contribution is -2.47. The van der Waals surface area contributed by atoms with E-state index < -0.39 is 30.1 Å². The summed E-state index contributed by atoms with van der Waals surface area (Å²) in [7, 11) is 0. The number of fused-ring (bicyclic) bond motifs is 3. The van der Waals surface area contributed by atoms with Gasteiger partial charge in [0.1, 0.15) is 12.6 Å². The highest BCUT2D eigenvalue weighted by Crippen LogP contribution is 2.44. The van der Waals surface area contributed by atoms with E-state index in [2.05, 4.69) is 22.8 Å². The Kier molecular flexibility index (Phi) is 7.83. The van der Waals surface area contributed by atoms with Gasteiger partial charge in [-0.25, -0.2) is 9.59 Å². The fourth-order valence-electron chi connectivity index (χ4n) is 3.92. The normalized spacial score (nSPS) is 14.1. The van der Waals surface area contributed by atoms with Crippen LogP contribution in [0.15, 0.2) is 48.5 Å². The molecule has 1 aliphatic carbocycles. The van der Waals surface area contributed by atoms with E-state index in [0.29, 0.717) is 12.8 Å². The topological polar surface area (TPSA) is 125 Å². The van der Waals surface area contributed by atoms with Gasteiger partial charge in [0.2, 0.25) is 5.91 Å². The van der Waals surface area contributed by atoms with Crippen molar-refractivity contribution >= 4 is 18.0 Å². The number of carbonyl (C=O) groups excluding carboxylic acids is 2. The molecule has 8 nitrogen and oxygen atoms in total. The van der Waals surface area contributed by atoms with Gasteiger partial charge in [-0.2, -0.15) is 0 Å². The third-order valence-corrected chi connectivity index (χ3v) is 5.53. The summed E-state index contributed by atoms with van der Waals surface area (Å²) in [4.78, 5) is 35.5. The van der Waals surface area contributed by atoms with Crippen LogP contribution < -0.4 is 10.6 Å². The number of alkyl carbamates (subject to hydrolysis) is 1. The number of carbonyl (C=O) groups is 3. The van der Waals surface area contributed by atoms with Crippen LogP contribution in [0.2, 0.25) is 0 Å². The number of aliphatic hydroxyl groups is 1. The van der Waals surface area contributed by atoms with Gasteiger partial charge < -0.3 is 25.6 Å². The number of amides is 2. The van der Waals surface area contributed by atoms with Gasteiger partial charge in [0.25, 0.3) is 0 Å². The van der Waals surface area contributed by atoms with Crippen molar-refractivity contribution in [2.75, 3.05) is 13.2 Å². The van der Waals surface area contributed by atoms with Crippen molar-refractivity contribution in [1.82, 2.24) is 10.6 Å². The SMILES string of the molecule is CCCC(NC(=O)OCC1c2ccccc2-c2ccccc21)C(=O)NCCC(O)C(=O)O. The molecule has 0 heterocycles. The highest BCUT2D eigenvalue weighted by atomic mass is 16.5. The maximum atomic E-state index is 12.5. The van der Waals surface area contributed by atoms with E-state index in [0.717, 1.165) is 22.3 Å². The van der Waals surface area contributed by atoms with Crippen LogP contribution in [0.1, 0.15) is 43.2 Å². The number of rotatable bonds is 10. The van der Waals surface area contributed by atoms with Crippen molar-refractivity contribution in [2.24, 2.45) is 0 Å². The molecule has 170 valence electrons. The molecule has 32 heavy (non-hydrogen) atoms. The number of ether oxygens (including phenoxy) is 1. The van der Waals surface area contributed by atoms with E-state index in [1.807, 2.05) is 43.3 Å². The lowest BCUT2D eigenvalue weighted by atomic mass is 9.98. The Labute approximate surface area is 186 Å². The van der Waals surface area contributed by atoms with E-state index in [9.17, 15) is 19.5 Å². The van der Waals surface area contributed by atoms with Gasteiger partial charge in [0.05, 0.1) is 0 Å². The summed E-state index contributed by atoms with van der Waals surface area (Å²) in [5, 5.41) is 23.1. The smallest absolute Gasteiger partial charge is 0.407 e. The summed E-state index contributed by atoms with van der Waals surface area (Å²) in [6.45, 7) is 2.01. The molecule has 2 aromatic carbocycles. The second-order valence-corrected chi connectivity index (χ2v) is 7.74. The van der Waals surface area contributed by atoms with Crippen molar-refractivity contribution in [3.8, 4) is 11.1 Å². The first-order valence-corrected chi connectivity index (χ1v) is 10.7. The first-order chi connectivity index (χ1) is 15.4. The number of hydrogen-bond donors (Lipinski definition) is 4. The summed E-state index contributed by atoms with van der Waals surface area (Å²) >= 11 is 0. The van der Waals surface area contributed by atoms with E-state index in [1.165, 1.54) is 0 Å². The van der Waals surface area contributed by atoms with Crippen molar-refractivity contribution in [1.29, 1.82) is 0 Å². The van der Waals surface area contributed by atoms with Crippen LogP contribution in [0.3, 0.4) is 0 Å². The molecule has 8 heteroatoms. The molecule has 0 aliphatic heterocycles. The minimum absolute atomic E-state index is 0.0150. The first-order valence-electron chi connectivity index (χ1n) is 10.7. The van der Waals surface area contributed by atoms with Crippen molar-refractivity contribution in [2.45, 2.75) is 44.2 Å². The maximum Gasteiger partial charge on any atom is 0.407 e. The van der Waals surface area contributed by atoms with Crippen LogP contribution >= 0.6 is 0 Å². The zero-order valence-corrected chi connectivity index (χ0v) is 17.9. The Morgan fingerprint density at radius 1 is 1.00 bits per heavy atom. The predicted octanol–water partition coefficient (Wildman–Crippen LogP) is 2.65. The third-order valence-electron chi connectivity index (χ3n) is 5.53. The molecule has 4 N–H and O–H groups in total. The molecule has 2 atom stereocenters. The molecule has 0 aromatic heterocycles. The van der Waals surface area contributed by atoms with Gasteiger partial charge in [-0.05, 0) is 28.7 Å². The molecule has 0 radical (unpaired) electrons. The summed E-state index contributed by atoms with van der Waals surface area (Å²) in [5.41, 5.74) is 4.45. The molecular weight excluding hydrogens is 412 g/mol. The minimum atomic E-state index is -1.55. The molecule has 2 amide bonds. The second kappa shape index (κ2) is 10.8. The quantitative estimate of drug-likeness (QED) is 0.450. The molecule has 0 bridgehead atoms. The van der Waals surface area contributed by atoms with Gasteiger partial charge in [-0.1, -0.05) is 61.9 Å². The molecule has 2 aromatic rings. The average Bonchev–Trinajstić information content (AvgIpc) is 3.11. The van der Waals surface area contributed by atoms with Gasteiger partial charge in [-0.15, -0.1) is 0 Å². The summed E-state index contributed by atoms with van der Waals surface area (Å²) in [5.74, 6) is -1.87. The van der Waals surface area contributed by atoms with Crippen LogP contribution in [0.4, 0.5) is 4.79 Å². The van der Waals surface area contributed by atoms with Crippen LogP contribution in [0.5, 0.6) is 0 Å². The number of hydrogen-bond acceptors (Lipinski definition) is 5. The van der Waals surface area contributed by atoms with E-state index in [-0.39, 0.29) is 25.5 Å². The Balaban J connectivity index is 1.57. The molecule has 2 unspecified atom stereocenters. The van der Waals surface area contributed by atoms with Crippen LogP contribution in [-0.2, 0) is 14.3 Å². The lowest BCUT2D eigenvalue weighted by molar-refractivity contribution is -0.147. The molecule has 0 spiro atoms.